The van der Waals surface area contributed by atoms with Gasteiger partial charge in [-0.1, -0.05) is 206 Å². The number of hydrogen-bond donors (Lipinski definition) is 0. The molecular formula is C106H66N6S2. The van der Waals surface area contributed by atoms with E-state index in [0.29, 0.717) is 0 Å². The highest BCUT2D eigenvalue weighted by Gasteiger charge is 2.22. The number of para-hydroxylation sites is 4. The molecule has 0 unspecified atom stereocenters. The third-order valence-corrected chi connectivity index (χ3v) is 25.4. The number of pyridine rings is 2. The van der Waals surface area contributed by atoms with Gasteiger partial charge in [0.2, 0.25) is 0 Å². The van der Waals surface area contributed by atoms with E-state index in [1.165, 1.54) is 178 Å². The highest BCUT2D eigenvalue weighted by Crippen LogP contribution is 2.46. The second-order valence-corrected chi connectivity index (χ2v) is 31.8. The van der Waals surface area contributed by atoms with Crippen molar-refractivity contribution in [1.82, 2.24) is 28.2 Å². The van der Waals surface area contributed by atoms with Crippen LogP contribution in [0.2, 0.25) is 0 Å². The SMILES string of the molecule is c1ccc(-c2cc(-c3ccccn3)cc(-n3c4ccccc4c4cc(-c5ccc6c(c5)c5ccccc5n6-c5ccc6sc7ccccc7c6c5)ccc43)c2)cc1.c1ccc(-c2cc(-c3cccnc3)cc(-n3c4ccccc4c4cc(-c5ccc6c(c5)c5ccccc5n6-c5ccc6sc7ccccc7c6c5)ccc43)c2)cc1. The molecule has 0 saturated heterocycles. The van der Waals surface area contributed by atoms with Gasteiger partial charge in [-0.15, -0.1) is 22.7 Å². The number of fused-ring (bicyclic) bond motifs is 18. The summed E-state index contributed by atoms with van der Waals surface area (Å²) in [4.78, 5) is 9.20. The van der Waals surface area contributed by atoms with Gasteiger partial charge in [0, 0.05) is 136 Å². The van der Waals surface area contributed by atoms with Crippen LogP contribution >= 0.6 is 22.7 Å². The van der Waals surface area contributed by atoms with E-state index in [0.717, 1.165) is 39.3 Å². The summed E-state index contributed by atoms with van der Waals surface area (Å²) < 4.78 is 15.0. The van der Waals surface area contributed by atoms with Crippen LogP contribution in [0.25, 0.3) is 217 Å². The molecule has 0 saturated carbocycles. The van der Waals surface area contributed by atoms with Crippen LogP contribution in [0.1, 0.15) is 0 Å². The Hall–Kier alpha value is -14.5. The molecule has 0 atom stereocenters. The lowest BCUT2D eigenvalue weighted by molar-refractivity contribution is 1.18. The molecule has 0 radical (unpaired) electrons. The molecule has 6 nitrogen and oxygen atoms in total. The molecule has 0 spiro atoms. The minimum atomic E-state index is 0.955. The van der Waals surface area contributed by atoms with Crippen molar-refractivity contribution in [3.8, 4) is 89.6 Å². The van der Waals surface area contributed by atoms with Crippen molar-refractivity contribution in [3.05, 3.63) is 401 Å². The van der Waals surface area contributed by atoms with Crippen LogP contribution in [0.5, 0.6) is 0 Å². The van der Waals surface area contributed by atoms with Gasteiger partial charge in [-0.3, -0.25) is 9.97 Å². The molecule has 0 aliphatic carbocycles. The molecule has 0 aliphatic heterocycles. The Balaban J connectivity index is 0.000000135. The van der Waals surface area contributed by atoms with Crippen LogP contribution in [0.4, 0.5) is 0 Å². The molecule has 24 aromatic rings. The number of aromatic nitrogens is 6. The monoisotopic (exact) mass is 1490 g/mol. The summed E-state index contributed by atoms with van der Waals surface area (Å²) in [6, 6.07) is 140. The summed E-state index contributed by atoms with van der Waals surface area (Å²) >= 11 is 3.72. The Morgan fingerprint density at radius 3 is 0.912 bits per heavy atom. The van der Waals surface area contributed by atoms with Gasteiger partial charge in [0.15, 0.2) is 0 Å². The average Bonchev–Trinajstić information content (AvgIpc) is 1.59. The third kappa shape index (κ3) is 10.8. The molecule has 8 aromatic heterocycles. The van der Waals surface area contributed by atoms with Crippen molar-refractivity contribution < 1.29 is 0 Å². The Morgan fingerprint density at radius 1 is 0.175 bits per heavy atom. The Labute approximate surface area is 664 Å². The first kappa shape index (κ1) is 65.4. The zero-order valence-corrected chi connectivity index (χ0v) is 63.2. The Morgan fingerprint density at radius 2 is 0.509 bits per heavy atom. The quantitative estimate of drug-likeness (QED) is 0.137. The van der Waals surface area contributed by atoms with Crippen molar-refractivity contribution in [1.29, 1.82) is 0 Å². The summed E-state index contributed by atoms with van der Waals surface area (Å²) in [5.74, 6) is 0. The second kappa shape index (κ2) is 26.6. The molecule has 114 heavy (non-hydrogen) atoms. The molecule has 532 valence electrons. The summed E-state index contributed by atoms with van der Waals surface area (Å²) in [5, 5.41) is 15.2. The Kier molecular flexibility index (Phi) is 15.3. The van der Waals surface area contributed by atoms with E-state index in [9.17, 15) is 0 Å². The highest BCUT2D eigenvalue weighted by molar-refractivity contribution is 7.26. The van der Waals surface area contributed by atoms with Crippen molar-refractivity contribution in [2.24, 2.45) is 0 Å². The van der Waals surface area contributed by atoms with E-state index < -0.39 is 0 Å². The van der Waals surface area contributed by atoms with Crippen LogP contribution in [0.3, 0.4) is 0 Å². The minimum Gasteiger partial charge on any atom is -0.309 e. The number of thiophene rings is 2. The smallest absolute Gasteiger partial charge is 0.0702 e. The number of nitrogens with zero attached hydrogens (tertiary/aromatic N) is 6. The second-order valence-electron chi connectivity index (χ2n) is 29.6. The van der Waals surface area contributed by atoms with Gasteiger partial charge < -0.3 is 18.3 Å². The molecule has 8 heteroatoms. The van der Waals surface area contributed by atoms with Gasteiger partial charge in [0.05, 0.1) is 49.8 Å². The lowest BCUT2D eigenvalue weighted by Crippen LogP contribution is -1.96. The van der Waals surface area contributed by atoms with Gasteiger partial charge in [0.25, 0.3) is 0 Å². The first-order valence-corrected chi connectivity index (χ1v) is 40.3. The minimum absolute atomic E-state index is 0.955. The number of rotatable bonds is 10. The lowest BCUT2D eigenvalue weighted by atomic mass is 9.98. The predicted octanol–water partition coefficient (Wildman–Crippen LogP) is 29.3. The fourth-order valence-corrected chi connectivity index (χ4v) is 20.1. The molecule has 0 aliphatic rings. The summed E-state index contributed by atoms with van der Waals surface area (Å²) in [7, 11) is 0. The van der Waals surface area contributed by atoms with E-state index >= 15 is 0 Å². The molecule has 16 aromatic carbocycles. The van der Waals surface area contributed by atoms with Gasteiger partial charge >= 0.3 is 0 Å². The van der Waals surface area contributed by atoms with Crippen molar-refractivity contribution in [2.75, 3.05) is 0 Å². The van der Waals surface area contributed by atoms with Gasteiger partial charge in [-0.2, -0.15) is 0 Å². The maximum atomic E-state index is 4.75. The fraction of sp³-hybridized carbons (Fsp3) is 0. The van der Waals surface area contributed by atoms with Gasteiger partial charge in [0.1, 0.15) is 0 Å². The van der Waals surface area contributed by atoms with Crippen LogP contribution in [-0.2, 0) is 0 Å². The molecule has 0 bridgehead atoms. The summed E-state index contributed by atoms with van der Waals surface area (Å²) in [6.45, 7) is 0. The van der Waals surface area contributed by atoms with Crippen LogP contribution in [-0.4, -0.2) is 28.2 Å². The fourth-order valence-electron chi connectivity index (χ4n) is 17.9. The molecule has 8 heterocycles. The van der Waals surface area contributed by atoms with Crippen LogP contribution in [0.15, 0.2) is 401 Å². The average molecular weight is 1490 g/mol. The first-order valence-electron chi connectivity index (χ1n) is 38.7. The summed E-state index contributed by atoms with van der Waals surface area (Å²) in [6.07, 6.45) is 5.65. The maximum Gasteiger partial charge on any atom is 0.0702 e. The number of hydrogen-bond acceptors (Lipinski definition) is 4. The highest BCUT2D eigenvalue weighted by atomic mass is 32.1. The van der Waals surface area contributed by atoms with E-state index in [1.54, 1.807) is 0 Å². The first-order chi connectivity index (χ1) is 56.5. The zero-order valence-electron chi connectivity index (χ0n) is 61.6. The molecular weight excluding hydrogens is 1420 g/mol. The predicted molar refractivity (Wildman–Crippen MR) is 484 cm³/mol. The van der Waals surface area contributed by atoms with Crippen LogP contribution in [0, 0.1) is 0 Å². The van der Waals surface area contributed by atoms with E-state index in [4.69, 9.17) is 4.98 Å². The van der Waals surface area contributed by atoms with Crippen LogP contribution < -0.4 is 0 Å². The normalized spacial score (nSPS) is 11.9. The van der Waals surface area contributed by atoms with E-state index in [-0.39, 0.29) is 0 Å². The van der Waals surface area contributed by atoms with Gasteiger partial charge in [-0.25, -0.2) is 0 Å². The molecule has 24 rings (SSSR count). The molecule has 0 fully saturated rings. The largest absolute Gasteiger partial charge is 0.309 e. The summed E-state index contributed by atoms with van der Waals surface area (Å²) in [5.41, 5.74) is 27.9. The van der Waals surface area contributed by atoms with E-state index in [2.05, 4.69) is 393 Å². The topological polar surface area (TPSA) is 45.5 Å². The van der Waals surface area contributed by atoms with Crippen molar-refractivity contribution in [2.45, 2.75) is 0 Å². The van der Waals surface area contributed by atoms with E-state index in [1.807, 2.05) is 53.4 Å². The standard InChI is InChI=1S/2C53H33N3S/c1-2-12-34(13-3-1)37-28-38(47-17-10-11-27-54-47)30-40(29-37)56-49-19-8-5-15-42(49)45-32-36(22-25-51(45)56)35-21-24-50-44(31-35)41-14-4-7-18-48(41)55(50)39-23-26-53-46(33-39)43-16-6-9-20-52(43)57-53;1-2-11-34(12-3-1)38-27-39(37-13-10-26-54-33-37)29-41(28-38)56-49-18-8-5-15-43(49)46-31-36(21-24-51(46)56)35-20-23-50-45(30-35)42-14-4-7-17-48(42)55(50)40-22-25-53-47(32-40)44-16-6-9-19-52(44)57-53/h2*1-33H. The van der Waals surface area contributed by atoms with Crippen molar-refractivity contribution >= 4 is 150 Å². The lowest BCUT2D eigenvalue weighted by Gasteiger charge is -2.14. The third-order valence-electron chi connectivity index (χ3n) is 23.1. The zero-order chi connectivity index (χ0) is 74.9. The molecule has 0 amide bonds. The Bertz CT molecular complexity index is 7390. The molecule has 0 N–H and O–H groups in total. The number of benzene rings is 16. The van der Waals surface area contributed by atoms with Crippen molar-refractivity contribution in [3.63, 3.8) is 0 Å². The maximum absolute atomic E-state index is 4.75. The van der Waals surface area contributed by atoms with Gasteiger partial charge in [-0.05, 0) is 226 Å².